The zero-order valence-electron chi connectivity index (χ0n) is 17.7. The van der Waals surface area contributed by atoms with Crippen LogP contribution >= 0.6 is 0 Å². The second-order valence-electron chi connectivity index (χ2n) is 8.91. The monoisotopic (exact) mass is 409 g/mol. The van der Waals surface area contributed by atoms with E-state index in [1.54, 1.807) is 6.07 Å². The second-order valence-corrected chi connectivity index (χ2v) is 8.91. The van der Waals surface area contributed by atoms with Gasteiger partial charge in [-0.2, -0.15) is 0 Å². The van der Waals surface area contributed by atoms with Gasteiger partial charge in [-0.25, -0.2) is 0 Å². The first-order chi connectivity index (χ1) is 14.6. The van der Waals surface area contributed by atoms with Crippen molar-refractivity contribution >= 4 is 22.5 Å². The summed E-state index contributed by atoms with van der Waals surface area (Å²) in [6.07, 6.45) is 7.26. The van der Waals surface area contributed by atoms with Gasteiger partial charge < -0.3 is 9.84 Å². The number of rotatable bonds is 6. The van der Waals surface area contributed by atoms with Gasteiger partial charge in [0, 0.05) is 24.9 Å². The van der Waals surface area contributed by atoms with E-state index in [2.05, 4.69) is 4.90 Å². The number of carbonyl (C=O) groups excluding carboxylic acids is 2. The van der Waals surface area contributed by atoms with Crippen LogP contribution in [0.5, 0.6) is 5.75 Å². The average Bonchev–Trinajstić information content (AvgIpc) is 3.16. The highest BCUT2D eigenvalue weighted by Crippen LogP contribution is 2.34. The number of aromatic hydroxyl groups is 1. The smallest absolute Gasteiger partial charge is 0.323 e. The summed E-state index contributed by atoms with van der Waals surface area (Å²) in [6.45, 7) is 1.64. The van der Waals surface area contributed by atoms with E-state index >= 15 is 0 Å². The van der Waals surface area contributed by atoms with E-state index in [4.69, 9.17) is 4.74 Å². The molecule has 2 atom stereocenters. The fourth-order valence-electron chi connectivity index (χ4n) is 5.28. The van der Waals surface area contributed by atoms with Gasteiger partial charge in [0.1, 0.15) is 11.8 Å². The standard InChI is InChI=1S/C25H31NO4/c1-30-25(29)22-13-18(16-26(22)15-17-7-3-2-4-8-17)14-23(27)21-12-11-19-9-5-6-10-20(19)24(21)28/h5-6,9-12,17-18,22,28H,2-4,7-8,13-16H2,1H3/t18-,22-/m1/s1. The molecule has 1 aliphatic carbocycles. The van der Waals surface area contributed by atoms with E-state index in [1.165, 1.54) is 39.2 Å². The molecule has 5 nitrogen and oxygen atoms in total. The Labute approximate surface area is 178 Å². The molecule has 0 spiro atoms. The highest BCUT2D eigenvalue weighted by Gasteiger charge is 2.39. The number of benzene rings is 2. The van der Waals surface area contributed by atoms with Crippen LogP contribution in [0.25, 0.3) is 10.8 Å². The fourth-order valence-corrected chi connectivity index (χ4v) is 5.28. The number of nitrogens with zero attached hydrogens (tertiary/aromatic N) is 1. The number of hydrogen-bond acceptors (Lipinski definition) is 5. The van der Waals surface area contributed by atoms with Crippen LogP contribution < -0.4 is 0 Å². The number of ether oxygens (including phenoxy) is 1. The molecule has 2 fully saturated rings. The van der Waals surface area contributed by atoms with Gasteiger partial charge in [0.05, 0.1) is 12.7 Å². The number of hydrogen-bond donors (Lipinski definition) is 1. The highest BCUT2D eigenvalue weighted by atomic mass is 16.5. The molecule has 2 aromatic rings. The first-order valence-corrected chi connectivity index (χ1v) is 11.1. The van der Waals surface area contributed by atoms with Crippen LogP contribution in [-0.2, 0) is 9.53 Å². The maximum atomic E-state index is 13.0. The molecule has 2 aromatic carbocycles. The van der Waals surface area contributed by atoms with E-state index < -0.39 is 0 Å². The summed E-state index contributed by atoms with van der Waals surface area (Å²) >= 11 is 0. The van der Waals surface area contributed by atoms with Crippen molar-refractivity contribution in [2.75, 3.05) is 20.2 Å². The number of likely N-dealkylation sites (tertiary alicyclic amines) is 1. The van der Waals surface area contributed by atoms with Gasteiger partial charge in [-0.1, -0.05) is 49.6 Å². The number of Topliss-reactive ketones (excluding diaryl/α,β-unsaturated/α-hetero) is 1. The molecule has 0 amide bonds. The Morgan fingerprint density at radius 2 is 1.83 bits per heavy atom. The van der Waals surface area contributed by atoms with Crippen LogP contribution in [0.4, 0.5) is 0 Å². The van der Waals surface area contributed by atoms with Crippen molar-refractivity contribution in [1.82, 2.24) is 4.90 Å². The fraction of sp³-hybridized carbons (Fsp3) is 0.520. The Morgan fingerprint density at radius 1 is 1.07 bits per heavy atom. The third kappa shape index (κ3) is 4.36. The van der Waals surface area contributed by atoms with Crippen molar-refractivity contribution in [2.24, 2.45) is 11.8 Å². The summed E-state index contributed by atoms with van der Waals surface area (Å²) in [5.41, 5.74) is 0.369. The first-order valence-electron chi connectivity index (χ1n) is 11.1. The molecular weight excluding hydrogens is 378 g/mol. The van der Waals surface area contributed by atoms with Crippen molar-refractivity contribution in [1.29, 1.82) is 0 Å². The van der Waals surface area contributed by atoms with Gasteiger partial charge in [-0.05, 0) is 42.6 Å². The summed E-state index contributed by atoms with van der Waals surface area (Å²) in [5.74, 6) is 0.515. The summed E-state index contributed by atoms with van der Waals surface area (Å²) in [6, 6.07) is 10.9. The molecular formula is C25H31NO4. The third-order valence-corrected chi connectivity index (χ3v) is 6.86. The van der Waals surface area contributed by atoms with Crippen molar-refractivity contribution in [3.63, 3.8) is 0 Å². The van der Waals surface area contributed by atoms with Crippen molar-refractivity contribution in [2.45, 2.75) is 51.0 Å². The van der Waals surface area contributed by atoms with Crippen LogP contribution in [0.15, 0.2) is 36.4 Å². The summed E-state index contributed by atoms with van der Waals surface area (Å²) in [5, 5.41) is 12.2. The molecule has 160 valence electrons. The van der Waals surface area contributed by atoms with E-state index in [0.29, 0.717) is 29.7 Å². The Balaban J connectivity index is 1.46. The lowest BCUT2D eigenvalue weighted by Crippen LogP contribution is -2.40. The van der Waals surface area contributed by atoms with Crippen LogP contribution in [0.2, 0.25) is 0 Å². The minimum Gasteiger partial charge on any atom is -0.507 e. The molecule has 1 saturated carbocycles. The average molecular weight is 410 g/mol. The minimum atomic E-state index is -0.264. The molecule has 2 aliphatic rings. The number of carbonyl (C=O) groups is 2. The second kappa shape index (κ2) is 9.17. The number of methoxy groups -OCH3 is 1. The van der Waals surface area contributed by atoms with E-state index in [0.717, 1.165) is 18.5 Å². The molecule has 0 bridgehead atoms. The molecule has 5 heteroatoms. The maximum absolute atomic E-state index is 13.0. The Kier molecular flexibility index (Phi) is 6.38. The molecule has 1 aliphatic heterocycles. The lowest BCUT2D eigenvalue weighted by atomic mass is 9.89. The number of ketones is 1. The lowest BCUT2D eigenvalue weighted by molar-refractivity contribution is -0.146. The van der Waals surface area contributed by atoms with Gasteiger partial charge in [0.25, 0.3) is 0 Å². The third-order valence-electron chi connectivity index (χ3n) is 6.86. The zero-order valence-corrected chi connectivity index (χ0v) is 17.7. The molecule has 0 aromatic heterocycles. The topological polar surface area (TPSA) is 66.8 Å². The molecule has 1 N–H and O–H groups in total. The Bertz CT molecular complexity index is 919. The van der Waals surface area contributed by atoms with Gasteiger partial charge in [-0.3, -0.25) is 14.5 Å². The van der Waals surface area contributed by atoms with Crippen molar-refractivity contribution < 1.29 is 19.4 Å². The molecule has 0 unspecified atom stereocenters. The van der Waals surface area contributed by atoms with Gasteiger partial charge in [0.15, 0.2) is 5.78 Å². The van der Waals surface area contributed by atoms with E-state index in [-0.39, 0.29) is 29.5 Å². The summed E-state index contributed by atoms with van der Waals surface area (Å²) < 4.78 is 5.05. The van der Waals surface area contributed by atoms with Crippen LogP contribution in [0, 0.1) is 11.8 Å². The Morgan fingerprint density at radius 3 is 2.60 bits per heavy atom. The highest BCUT2D eigenvalue weighted by molar-refractivity contribution is 6.04. The van der Waals surface area contributed by atoms with Crippen molar-refractivity contribution in [3.8, 4) is 5.75 Å². The van der Waals surface area contributed by atoms with Crippen LogP contribution in [-0.4, -0.2) is 48.0 Å². The van der Waals surface area contributed by atoms with Crippen LogP contribution in [0.3, 0.4) is 0 Å². The van der Waals surface area contributed by atoms with Gasteiger partial charge >= 0.3 is 5.97 Å². The summed E-state index contributed by atoms with van der Waals surface area (Å²) in [7, 11) is 1.44. The number of phenols is 1. The molecule has 0 radical (unpaired) electrons. The zero-order chi connectivity index (χ0) is 21.1. The number of esters is 1. The molecule has 30 heavy (non-hydrogen) atoms. The largest absolute Gasteiger partial charge is 0.507 e. The number of phenolic OH excluding ortho intramolecular Hbond substituents is 1. The predicted octanol–water partition coefficient (Wildman–Crippen LogP) is 4.56. The quantitative estimate of drug-likeness (QED) is 0.559. The summed E-state index contributed by atoms with van der Waals surface area (Å²) in [4.78, 5) is 27.6. The minimum absolute atomic E-state index is 0.0553. The van der Waals surface area contributed by atoms with Gasteiger partial charge in [-0.15, -0.1) is 0 Å². The number of fused-ring (bicyclic) bond motifs is 1. The van der Waals surface area contributed by atoms with Crippen molar-refractivity contribution in [3.05, 3.63) is 42.0 Å². The maximum Gasteiger partial charge on any atom is 0.323 e. The lowest BCUT2D eigenvalue weighted by Gasteiger charge is -2.29. The first kappa shape index (κ1) is 20.9. The normalized spacial score (nSPS) is 23.0. The van der Waals surface area contributed by atoms with E-state index in [9.17, 15) is 14.7 Å². The predicted molar refractivity (Wildman–Crippen MR) is 117 cm³/mol. The molecule has 1 saturated heterocycles. The van der Waals surface area contributed by atoms with E-state index in [1.807, 2.05) is 30.3 Å². The Hall–Kier alpha value is -2.40. The molecule has 4 rings (SSSR count). The molecule has 1 heterocycles. The van der Waals surface area contributed by atoms with Crippen LogP contribution in [0.1, 0.15) is 55.3 Å². The SMILES string of the molecule is COC(=O)[C@H]1C[C@H](CC(=O)c2ccc3ccccc3c2O)CN1CC1CCCCC1. The van der Waals surface area contributed by atoms with Gasteiger partial charge in [0.2, 0.25) is 0 Å².